The lowest BCUT2D eigenvalue weighted by atomic mass is 9.86. The Hall–Kier alpha value is -1.68. The molecule has 2 heterocycles. The summed E-state index contributed by atoms with van der Waals surface area (Å²) < 4.78 is 0. The van der Waals surface area contributed by atoms with Gasteiger partial charge in [-0.15, -0.1) is 11.3 Å². The lowest BCUT2D eigenvalue weighted by Gasteiger charge is -2.31. The predicted octanol–water partition coefficient (Wildman–Crippen LogP) is 5.83. The minimum atomic E-state index is 0.0961. The van der Waals surface area contributed by atoms with Crippen LogP contribution in [0.4, 0.5) is 0 Å². The van der Waals surface area contributed by atoms with E-state index >= 15 is 0 Å². The molecule has 140 valence electrons. The van der Waals surface area contributed by atoms with Gasteiger partial charge in [0.2, 0.25) is 0 Å². The molecule has 1 fully saturated rings. The first-order valence-corrected chi connectivity index (χ1v) is 10.5. The van der Waals surface area contributed by atoms with Gasteiger partial charge in [-0.2, -0.15) is 0 Å². The third-order valence-electron chi connectivity index (χ3n) is 5.21. The number of likely N-dealkylation sites (tertiary alicyclic amines) is 1. The van der Waals surface area contributed by atoms with Crippen molar-refractivity contribution >= 4 is 17.2 Å². The molecule has 2 unspecified atom stereocenters. The minimum Gasteiger partial charge on any atom is -0.326 e. The van der Waals surface area contributed by atoms with Gasteiger partial charge in [-0.05, 0) is 48.3 Å². The fourth-order valence-corrected chi connectivity index (χ4v) is 4.64. The van der Waals surface area contributed by atoms with E-state index in [4.69, 9.17) is 0 Å². The zero-order chi connectivity index (χ0) is 18.9. The zero-order valence-electron chi connectivity index (χ0n) is 16.5. The van der Waals surface area contributed by atoms with Gasteiger partial charge in [0, 0.05) is 23.2 Å². The molecule has 0 saturated carbocycles. The normalized spacial score (nSPS) is 20.8. The van der Waals surface area contributed by atoms with Gasteiger partial charge < -0.3 is 4.90 Å². The maximum Gasteiger partial charge on any atom is 0.254 e. The molecule has 1 saturated heterocycles. The van der Waals surface area contributed by atoms with Crippen molar-refractivity contribution in [3.63, 3.8) is 0 Å². The Balaban J connectivity index is 1.89. The monoisotopic (exact) mass is 370 g/mol. The number of nitrogens with zero attached hydrogens (tertiary/aromatic N) is 2. The smallest absolute Gasteiger partial charge is 0.254 e. The zero-order valence-corrected chi connectivity index (χ0v) is 17.3. The number of rotatable bonds is 4. The van der Waals surface area contributed by atoms with Crippen molar-refractivity contribution in [3.05, 3.63) is 52.0 Å². The van der Waals surface area contributed by atoms with E-state index < -0.39 is 0 Å². The molecule has 3 rings (SSSR count). The molecule has 0 radical (unpaired) electrons. The van der Waals surface area contributed by atoms with Gasteiger partial charge in [0.1, 0.15) is 5.01 Å². The predicted molar refractivity (Wildman–Crippen MR) is 109 cm³/mol. The van der Waals surface area contributed by atoms with Crippen LogP contribution in [-0.2, 0) is 5.41 Å². The molecule has 1 aliphatic heterocycles. The van der Waals surface area contributed by atoms with Crippen LogP contribution in [0.25, 0.3) is 0 Å². The molecule has 1 aromatic carbocycles. The Morgan fingerprint density at radius 3 is 2.46 bits per heavy atom. The summed E-state index contributed by atoms with van der Waals surface area (Å²) in [4.78, 5) is 20.0. The number of hydrogen-bond donors (Lipinski definition) is 0. The molecule has 3 nitrogen and oxygen atoms in total. The van der Waals surface area contributed by atoms with E-state index in [2.05, 4.69) is 56.6 Å². The van der Waals surface area contributed by atoms with Crippen molar-refractivity contribution in [1.29, 1.82) is 0 Å². The van der Waals surface area contributed by atoms with Crippen molar-refractivity contribution < 1.29 is 4.79 Å². The summed E-state index contributed by atoms with van der Waals surface area (Å²) in [5.74, 6) is 0.724. The van der Waals surface area contributed by atoms with Crippen molar-refractivity contribution in [2.24, 2.45) is 5.92 Å². The Labute approximate surface area is 161 Å². The molecule has 1 aromatic heterocycles. The van der Waals surface area contributed by atoms with Crippen LogP contribution in [0.1, 0.15) is 80.9 Å². The van der Waals surface area contributed by atoms with Crippen LogP contribution in [0.5, 0.6) is 0 Å². The van der Waals surface area contributed by atoms with E-state index in [1.165, 1.54) is 5.56 Å². The van der Waals surface area contributed by atoms with Crippen LogP contribution in [0, 0.1) is 5.92 Å². The van der Waals surface area contributed by atoms with Crippen LogP contribution < -0.4 is 0 Å². The number of amides is 1. The van der Waals surface area contributed by atoms with Crippen molar-refractivity contribution in [1.82, 2.24) is 9.88 Å². The van der Waals surface area contributed by atoms with Crippen LogP contribution >= 0.6 is 11.3 Å². The fourth-order valence-electron chi connectivity index (χ4n) is 3.87. The van der Waals surface area contributed by atoms with Gasteiger partial charge >= 0.3 is 0 Å². The lowest BCUT2D eigenvalue weighted by Crippen LogP contribution is -2.38. The molecule has 0 spiro atoms. The maximum atomic E-state index is 13.4. The summed E-state index contributed by atoms with van der Waals surface area (Å²) in [5, 5.41) is 3.07. The quantitative estimate of drug-likeness (QED) is 0.678. The Kier molecular flexibility index (Phi) is 5.52. The standard InChI is InChI=1S/C22H30N2OS/c1-15(2)14-18-10-11-19(20-23-12-13-26-20)24(18)21(25)16-6-8-17(9-7-16)22(3,4)5/h6-9,12-13,15,18-19H,10-11,14H2,1-5H3. The van der Waals surface area contributed by atoms with Crippen molar-refractivity contribution in [2.45, 2.75) is 71.4 Å². The van der Waals surface area contributed by atoms with E-state index in [0.717, 1.165) is 29.8 Å². The highest BCUT2D eigenvalue weighted by molar-refractivity contribution is 7.09. The van der Waals surface area contributed by atoms with Gasteiger partial charge in [0.25, 0.3) is 5.91 Å². The first kappa shape index (κ1) is 19.1. The summed E-state index contributed by atoms with van der Waals surface area (Å²) in [7, 11) is 0. The SMILES string of the molecule is CC(C)CC1CCC(c2nccs2)N1C(=O)c1ccc(C(C)(C)C)cc1. The second-order valence-electron chi connectivity index (χ2n) is 8.79. The first-order chi connectivity index (χ1) is 12.3. The Morgan fingerprint density at radius 2 is 1.92 bits per heavy atom. The van der Waals surface area contributed by atoms with Gasteiger partial charge in [-0.3, -0.25) is 4.79 Å². The molecule has 1 amide bonds. The number of thiazole rings is 1. The summed E-state index contributed by atoms with van der Waals surface area (Å²) in [6.07, 6.45) is 4.97. The van der Waals surface area contributed by atoms with E-state index in [9.17, 15) is 4.79 Å². The van der Waals surface area contributed by atoms with Gasteiger partial charge in [0.15, 0.2) is 0 Å². The molecular formula is C22H30N2OS. The molecule has 0 N–H and O–H groups in total. The number of carbonyl (C=O) groups is 1. The number of aromatic nitrogens is 1. The Morgan fingerprint density at radius 1 is 1.23 bits per heavy atom. The highest BCUT2D eigenvalue weighted by atomic mass is 32.1. The second-order valence-corrected chi connectivity index (χ2v) is 9.71. The highest BCUT2D eigenvalue weighted by Crippen LogP contribution is 2.40. The molecule has 2 aromatic rings. The number of carbonyl (C=O) groups excluding carboxylic acids is 1. The molecule has 4 heteroatoms. The van der Waals surface area contributed by atoms with Crippen molar-refractivity contribution in [2.75, 3.05) is 0 Å². The first-order valence-electron chi connectivity index (χ1n) is 9.60. The Bertz CT molecular complexity index is 729. The summed E-state index contributed by atoms with van der Waals surface area (Å²) >= 11 is 1.66. The van der Waals surface area contributed by atoms with E-state index in [1.54, 1.807) is 11.3 Å². The topological polar surface area (TPSA) is 33.2 Å². The lowest BCUT2D eigenvalue weighted by molar-refractivity contribution is 0.0646. The van der Waals surface area contributed by atoms with Crippen LogP contribution in [0.15, 0.2) is 35.8 Å². The van der Waals surface area contributed by atoms with Crippen molar-refractivity contribution in [3.8, 4) is 0 Å². The molecule has 2 atom stereocenters. The highest BCUT2D eigenvalue weighted by Gasteiger charge is 2.39. The maximum absolute atomic E-state index is 13.4. The van der Waals surface area contributed by atoms with E-state index in [-0.39, 0.29) is 17.4 Å². The molecule has 1 aliphatic rings. The largest absolute Gasteiger partial charge is 0.326 e. The minimum absolute atomic E-state index is 0.0961. The van der Waals surface area contributed by atoms with E-state index in [1.807, 2.05) is 23.7 Å². The third kappa shape index (κ3) is 4.01. The second kappa shape index (κ2) is 7.51. The number of hydrogen-bond acceptors (Lipinski definition) is 3. The molecular weight excluding hydrogens is 340 g/mol. The molecule has 0 bridgehead atoms. The van der Waals surface area contributed by atoms with Crippen LogP contribution in [0.3, 0.4) is 0 Å². The van der Waals surface area contributed by atoms with Crippen LogP contribution in [-0.4, -0.2) is 21.8 Å². The van der Waals surface area contributed by atoms with Gasteiger partial charge in [-0.1, -0.05) is 46.8 Å². The average Bonchev–Trinajstić information content (AvgIpc) is 3.22. The number of benzene rings is 1. The molecule has 26 heavy (non-hydrogen) atoms. The third-order valence-corrected chi connectivity index (χ3v) is 6.09. The van der Waals surface area contributed by atoms with Gasteiger partial charge in [-0.25, -0.2) is 4.98 Å². The average molecular weight is 371 g/mol. The summed E-state index contributed by atoms with van der Waals surface area (Å²) in [5.41, 5.74) is 2.14. The summed E-state index contributed by atoms with van der Waals surface area (Å²) in [6.45, 7) is 11.1. The van der Waals surface area contributed by atoms with Crippen LogP contribution in [0.2, 0.25) is 0 Å². The fraction of sp³-hybridized carbons (Fsp3) is 0.545. The molecule has 0 aliphatic carbocycles. The summed E-state index contributed by atoms with van der Waals surface area (Å²) in [6, 6.07) is 8.60. The van der Waals surface area contributed by atoms with Gasteiger partial charge in [0.05, 0.1) is 6.04 Å². The van der Waals surface area contributed by atoms with E-state index in [0.29, 0.717) is 12.0 Å².